The van der Waals surface area contributed by atoms with E-state index < -0.39 is 17.7 Å². The largest absolute Gasteiger partial charge is 0.416 e. The molecule has 1 heterocycles. The fraction of sp³-hybridized carbons (Fsp3) is 0.500. The Morgan fingerprint density at radius 2 is 2.09 bits per heavy atom. The second-order valence-corrected chi connectivity index (χ2v) is 5.55. The lowest BCUT2D eigenvalue weighted by atomic mass is 9.89. The minimum Gasteiger partial charge on any atom is -0.375 e. The van der Waals surface area contributed by atoms with E-state index in [2.05, 4.69) is 0 Å². The zero-order chi connectivity index (χ0) is 17.0. The summed E-state index contributed by atoms with van der Waals surface area (Å²) in [5.41, 5.74) is -0.808. The summed E-state index contributed by atoms with van der Waals surface area (Å²) in [6.07, 6.45) is -3.28. The highest BCUT2D eigenvalue weighted by atomic mass is 19.4. The minimum absolute atomic E-state index is 0.0332. The first-order valence-electron chi connectivity index (χ1n) is 7.31. The predicted molar refractivity (Wildman–Crippen MR) is 77.0 cm³/mol. The fourth-order valence-electron chi connectivity index (χ4n) is 2.72. The van der Waals surface area contributed by atoms with Crippen molar-refractivity contribution in [2.45, 2.75) is 19.0 Å². The number of Topliss-reactive ketones (excluding diaryl/α,β-unsaturated/α-hetero) is 1. The van der Waals surface area contributed by atoms with Crippen molar-refractivity contribution in [1.29, 1.82) is 0 Å². The highest BCUT2D eigenvalue weighted by Gasteiger charge is 2.33. The van der Waals surface area contributed by atoms with E-state index >= 15 is 0 Å². The van der Waals surface area contributed by atoms with Crippen LogP contribution in [-0.2, 0) is 15.7 Å². The van der Waals surface area contributed by atoms with Gasteiger partial charge in [-0.2, -0.15) is 13.2 Å². The molecule has 0 unspecified atom stereocenters. The number of carbonyl (C=O) groups is 2. The highest BCUT2D eigenvalue weighted by Crippen LogP contribution is 2.30. The van der Waals surface area contributed by atoms with Gasteiger partial charge in [-0.15, -0.1) is 0 Å². The third-order valence-electron chi connectivity index (χ3n) is 3.89. The minimum atomic E-state index is -4.48. The van der Waals surface area contributed by atoms with Gasteiger partial charge in [-0.05, 0) is 25.0 Å². The van der Waals surface area contributed by atoms with E-state index in [0.717, 1.165) is 12.1 Å². The smallest absolute Gasteiger partial charge is 0.375 e. The number of alkyl halides is 3. The van der Waals surface area contributed by atoms with Crippen LogP contribution in [0.3, 0.4) is 0 Å². The molecule has 0 saturated carbocycles. The summed E-state index contributed by atoms with van der Waals surface area (Å²) in [5, 5.41) is 0. The van der Waals surface area contributed by atoms with Crippen LogP contribution in [0.5, 0.6) is 0 Å². The van der Waals surface area contributed by atoms with Crippen molar-refractivity contribution in [3.63, 3.8) is 0 Å². The van der Waals surface area contributed by atoms with E-state index in [4.69, 9.17) is 4.74 Å². The molecule has 23 heavy (non-hydrogen) atoms. The highest BCUT2D eigenvalue weighted by molar-refractivity contribution is 5.98. The first-order valence-corrected chi connectivity index (χ1v) is 7.31. The van der Waals surface area contributed by atoms with Crippen LogP contribution < -0.4 is 0 Å². The Labute approximate surface area is 132 Å². The van der Waals surface area contributed by atoms with Crippen molar-refractivity contribution < 1.29 is 27.5 Å². The van der Waals surface area contributed by atoms with E-state index in [9.17, 15) is 22.8 Å². The normalized spacial score (nSPS) is 18.8. The van der Waals surface area contributed by atoms with Crippen LogP contribution in [0.4, 0.5) is 13.2 Å². The second-order valence-electron chi connectivity index (χ2n) is 5.55. The molecule has 1 atom stereocenters. The summed E-state index contributed by atoms with van der Waals surface area (Å²) >= 11 is 0. The summed E-state index contributed by atoms with van der Waals surface area (Å²) < 4.78 is 43.0. The topological polar surface area (TPSA) is 46.6 Å². The zero-order valence-electron chi connectivity index (χ0n) is 12.7. The number of piperidine rings is 1. The van der Waals surface area contributed by atoms with E-state index in [1.165, 1.54) is 24.1 Å². The number of ketones is 1. The molecule has 4 nitrogen and oxygen atoms in total. The molecule has 7 heteroatoms. The number of amides is 1. The predicted octanol–water partition coefficient (Wildman–Crippen LogP) is 2.77. The molecule has 2 rings (SSSR count). The van der Waals surface area contributed by atoms with Gasteiger partial charge in [0.15, 0.2) is 5.78 Å². The molecule has 0 N–H and O–H groups in total. The van der Waals surface area contributed by atoms with Gasteiger partial charge in [-0.3, -0.25) is 9.59 Å². The van der Waals surface area contributed by atoms with Gasteiger partial charge >= 0.3 is 6.18 Å². The molecular weight excluding hydrogens is 311 g/mol. The van der Waals surface area contributed by atoms with Crippen LogP contribution in [0.15, 0.2) is 24.3 Å². The van der Waals surface area contributed by atoms with Gasteiger partial charge in [0.2, 0.25) is 5.91 Å². The average molecular weight is 329 g/mol. The molecule has 0 aromatic heterocycles. The van der Waals surface area contributed by atoms with E-state index in [1.807, 2.05) is 0 Å². The quantitative estimate of drug-likeness (QED) is 0.798. The van der Waals surface area contributed by atoms with E-state index in [0.29, 0.717) is 19.4 Å². The summed E-state index contributed by atoms with van der Waals surface area (Å²) in [6.45, 7) is 0.691. The summed E-state index contributed by atoms with van der Waals surface area (Å²) in [5.74, 6) is -1.05. The monoisotopic (exact) mass is 329 g/mol. The average Bonchev–Trinajstić information content (AvgIpc) is 2.54. The van der Waals surface area contributed by atoms with Crippen LogP contribution in [-0.4, -0.2) is 43.4 Å². The number of benzene rings is 1. The molecule has 0 radical (unpaired) electrons. The summed E-state index contributed by atoms with van der Waals surface area (Å²) in [6, 6.07) is 4.42. The van der Waals surface area contributed by atoms with Gasteiger partial charge in [-0.25, -0.2) is 0 Å². The van der Waals surface area contributed by atoms with Crippen molar-refractivity contribution in [1.82, 2.24) is 4.90 Å². The maximum atomic E-state index is 12.7. The maximum absolute atomic E-state index is 12.7. The number of rotatable bonds is 4. The van der Waals surface area contributed by atoms with Crippen LogP contribution in [0, 0.1) is 5.92 Å². The standard InChI is InChI=1S/C16H18F3NO3/c1-23-10-14(21)20-7-3-5-12(9-20)15(22)11-4-2-6-13(8-11)16(17,18)19/h2,4,6,8,12H,3,5,7,9-10H2,1H3/t12-/m1/s1. The number of methoxy groups -OCH3 is 1. The van der Waals surface area contributed by atoms with E-state index in [-0.39, 0.29) is 30.4 Å². The lowest BCUT2D eigenvalue weighted by molar-refractivity contribution is -0.137. The van der Waals surface area contributed by atoms with E-state index in [1.54, 1.807) is 0 Å². The first kappa shape index (κ1) is 17.5. The van der Waals surface area contributed by atoms with Crippen molar-refractivity contribution in [2.75, 3.05) is 26.8 Å². The van der Waals surface area contributed by atoms with Crippen molar-refractivity contribution in [3.8, 4) is 0 Å². The van der Waals surface area contributed by atoms with Crippen LogP contribution >= 0.6 is 0 Å². The SMILES string of the molecule is COCC(=O)N1CCC[C@@H](C(=O)c2cccc(C(F)(F)F)c2)C1. The molecule has 1 aromatic rings. The molecule has 1 aliphatic rings. The Bertz CT molecular complexity index is 586. The number of carbonyl (C=O) groups excluding carboxylic acids is 2. The molecule has 1 amide bonds. The number of likely N-dealkylation sites (tertiary alicyclic amines) is 1. The molecule has 126 valence electrons. The number of nitrogens with zero attached hydrogens (tertiary/aromatic N) is 1. The van der Waals surface area contributed by atoms with Gasteiger partial charge in [0, 0.05) is 31.7 Å². The Morgan fingerprint density at radius 1 is 1.35 bits per heavy atom. The van der Waals surface area contributed by atoms with Gasteiger partial charge < -0.3 is 9.64 Å². The summed E-state index contributed by atoms with van der Waals surface area (Å²) in [4.78, 5) is 25.8. The first-order chi connectivity index (χ1) is 10.8. The van der Waals surface area contributed by atoms with Crippen molar-refractivity contribution in [2.24, 2.45) is 5.92 Å². The van der Waals surface area contributed by atoms with Gasteiger partial charge in [0.25, 0.3) is 0 Å². The Hall–Kier alpha value is -1.89. The molecule has 1 aromatic carbocycles. The zero-order valence-corrected chi connectivity index (χ0v) is 12.7. The Balaban J connectivity index is 2.12. The molecule has 1 aliphatic heterocycles. The molecule has 0 spiro atoms. The van der Waals surface area contributed by atoms with Crippen LogP contribution in [0.1, 0.15) is 28.8 Å². The summed E-state index contributed by atoms with van der Waals surface area (Å²) in [7, 11) is 1.41. The van der Waals surface area contributed by atoms with Gasteiger partial charge in [0.05, 0.1) is 5.56 Å². The molecule has 1 fully saturated rings. The lowest BCUT2D eigenvalue weighted by Crippen LogP contribution is -2.43. The number of hydrogen-bond acceptors (Lipinski definition) is 3. The second kappa shape index (κ2) is 7.12. The van der Waals surface area contributed by atoms with Gasteiger partial charge in [-0.1, -0.05) is 12.1 Å². The third kappa shape index (κ3) is 4.31. The Kier molecular flexibility index (Phi) is 5.41. The maximum Gasteiger partial charge on any atom is 0.416 e. The Morgan fingerprint density at radius 3 is 2.74 bits per heavy atom. The number of hydrogen-bond donors (Lipinski definition) is 0. The molecule has 1 saturated heterocycles. The molecule has 0 aliphatic carbocycles. The van der Waals surface area contributed by atoms with Crippen LogP contribution in [0.25, 0.3) is 0 Å². The van der Waals surface area contributed by atoms with Crippen molar-refractivity contribution >= 4 is 11.7 Å². The lowest BCUT2D eigenvalue weighted by Gasteiger charge is -2.32. The van der Waals surface area contributed by atoms with Crippen molar-refractivity contribution in [3.05, 3.63) is 35.4 Å². The molecular formula is C16H18F3NO3. The van der Waals surface area contributed by atoms with Gasteiger partial charge in [0.1, 0.15) is 6.61 Å². The van der Waals surface area contributed by atoms with Crippen LogP contribution in [0.2, 0.25) is 0 Å². The number of ether oxygens (including phenoxy) is 1. The molecule has 0 bridgehead atoms. The fourth-order valence-corrected chi connectivity index (χ4v) is 2.72. The third-order valence-corrected chi connectivity index (χ3v) is 3.89. The number of halogens is 3.